The molecule has 5 nitrogen and oxygen atoms in total. The van der Waals surface area contributed by atoms with Crippen LogP contribution in [0.1, 0.15) is 11.1 Å². The first-order valence-corrected chi connectivity index (χ1v) is 8.38. The van der Waals surface area contributed by atoms with Gasteiger partial charge in [0.15, 0.2) is 5.03 Å². The Balaban J connectivity index is 2.03. The highest BCUT2D eigenvalue weighted by molar-refractivity contribution is 7.90. The molecule has 2 heterocycles. The predicted molar refractivity (Wildman–Crippen MR) is 80.2 cm³/mol. The monoisotopic (exact) mass is 324 g/mol. The molecule has 0 aliphatic carbocycles. The first-order chi connectivity index (χ1) is 9.97. The van der Waals surface area contributed by atoms with Crippen molar-refractivity contribution in [1.82, 2.24) is 4.98 Å². The molecule has 2 N–H and O–H groups in total. The minimum atomic E-state index is -3.66. The molecule has 110 valence electrons. The van der Waals surface area contributed by atoms with Crippen molar-refractivity contribution in [2.24, 2.45) is 0 Å². The Bertz CT molecular complexity index is 806. The molecule has 0 unspecified atom stereocenters. The van der Waals surface area contributed by atoms with Gasteiger partial charge in [0, 0.05) is 23.2 Å². The van der Waals surface area contributed by atoms with E-state index in [0.29, 0.717) is 22.9 Å². The van der Waals surface area contributed by atoms with Crippen molar-refractivity contribution < 1.29 is 13.2 Å². The zero-order valence-corrected chi connectivity index (χ0v) is 12.6. The van der Waals surface area contributed by atoms with E-state index in [1.54, 1.807) is 18.2 Å². The maximum absolute atomic E-state index is 12.5. The van der Waals surface area contributed by atoms with E-state index in [1.165, 1.54) is 12.3 Å². The average molecular weight is 325 g/mol. The lowest BCUT2D eigenvalue weighted by atomic mass is 10.1. The number of fused-ring (bicyclic) bond motifs is 1. The van der Waals surface area contributed by atoms with Crippen LogP contribution >= 0.6 is 11.6 Å². The molecule has 1 aromatic carbocycles. The molecule has 2 aromatic rings. The van der Waals surface area contributed by atoms with E-state index < -0.39 is 9.84 Å². The minimum absolute atomic E-state index is 0.114. The van der Waals surface area contributed by atoms with Gasteiger partial charge in [0.05, 0.1) is 18.0 Å². The number of benzene rings is 1. The summed E-state index contributed by atoms with van der Waals surface area (Å²) in [4.78, 5) is 3.88. The summed E-state index contributed by atoms with van der Waals surface area (Å²) in [5, 5.41) is 0.384. The molecule has 0 amide bonds. The second-order valence-corrected chi connectivity index (χ2v) is 7.15. The van der Waals surface area contributed by atoms with E-state index >= 15 is 0 Å². The Kier molecular flexibility index (Phi) is 3.51. The summed E-state index contributed by atoms with van der Waals surface area (Å²) < 4.78 is 30.5. The number of aromatic nitrogens is 1. The fourth-order valence-electron chi connectivity index (χ4n) is 2.39. The topological polar surface area (TPSA) is 82.3 Å². The van der Waals surface area contributed by atoms with Gasteiger partial charge in [-0.15, -0.1) is 0 Å². The van der Waals surface area contributed by atoms with Crippen molar-refractivity contribution >= 4 is 27.1 Å². The lowest BCUT2D eigenvalue weighted by molar-refractivity contribution is 0.354. The number of anilines is 1. The maximum Gasteiger partial charge on any atom is 0.201 e. The summed E-state index contributed by atoms with van der Waals surface area (Å²) in [6, 6.07) is 6.52. The van der Waals surface area contributed by atoms with E-state index in [2.05, 4.69) is 4.98 Å². The maximum atomic E-state index is 12.5. The Hall–Kier alpha value is -1.79. The van der Waals surface area contributed by atoms with Gasteiger partial charge in [-0.05, 0) is 29.8 Å². The molecular formula is C14H13ClN2O3S. The number of pyridine rings is 1. The van der Waals surface area contributed by atoms with E-state index in [-0.39, 0.29) is 16.5 Å². The molecule has 1 aliphatic rings. The summed E-state index contributed by atoms with van der Waals surface area (Å²) in [6.07, 6.45) is 2.14. The molecule has 0 atom stereocenters. The largest absolute Gasteiger partial charge is 0.493 e. The third kappa shape index (κ3) is 2.69. The molecule has 21 heavy (non-hydrogen) atoms. The zero-order valence-electron chi connectivity index (χ0n) is 11.0. The molecule has 0 saturated carbocycles. The molecule has 0 radical (unpaired) electrons. The first-order valence-electron chi connectivity index (χ1n) is 6.35. The molecule has 1 aliphatic heterocycles. The van der Waals surface area contributed by atoms with Gasteiger partial charge in [-0.1, -0.05) is 11.6 Å². The van der Waals surface area contributed by atoms with Crippen molar-refractivity contribution in [2.75, 3.05) is 12.3 Å². The SMILES string of the molecule is Nc1cccnc1S(=O)(=O)Cc1cc(Cl)cc2c1OCC2. The number of hydrogen-bond donors (Lipinski definition) is 1. The molecular weight excluding hydrogens is 312 g/mol. The summed E-state index contributed by atoms with van der Waals surface area (Å²) in [5.41, 5.74) is 7.31. The Labute approximate surface area is 127 Å². The number of halogens is 1. The Morgan fingerprint density at radius 2 is 2.19 bits per heavy atom. The number of hydrogen-bond acceptors (Lipinski definition) is 5. The molecule has 7 heteroatoms. The number of ether oxygens (including phenoxy) is 1. The molecule has 0 bridgehead atoms. The van der Waals surface area contributed by atoms with Crippen molar-refractivity contribution in [3.63, 3.8) is 0 Å². The van der Waals surface area contributed by atoms with Gasteiger partial charge < -0.3 is 10.5 Å². The standard InChI is InChI=1S/C14H13ClN2O3S/c15-11-6-9-3-5-20-13(9)10(7-11)8-21(18,19)14-12(16)2-1-4-17-14/h1-2,4,6-7H,3,5,8,16H2. The molecule has 0 spiro atoms. The smallest absolute Gasteiger partial charge is 0.201 e. The third-order valence-corrected chi connectivity index (χ3v) is 5.11. The number of rotatable bonds is 3. The first kappa shape index (κ1) is 14.2. The second kappa shape index (κ2) is 5.20. The molecule has 3 rings (SSSR count). The van der Waals surface area contributed by atoms with Crippen LogP contribution in [0.5, 0.6) is 5.75 Å². The van der Waals surface area contributed by atoms with Crippen LogP contribution in [0.25, 0.3) is 0 Å². The van der Waals surface area contributed by atoms with E-state index in [4.69, 9.17) is 22.1 Å². The van der Waals surface area contributed by atoms with E-state index in [1.807, 2.05) is 0 Å². The van der Waals surface area contributed by atoms with Crippen molar-refractivity contribution in [3.8, 4) is 5.75 Å². The second-order valence-electron chi connectivity index (χ2n) is 4.81. The molecule has 0 fully saturated rings. The van der Waals surface area contributed by atoms with Crippen LogP contribution in [0.3, 0.4) is 0 Å². The highest BCUT2D eigenvalue weighted by atomic mass is 35.5. The zero-order chi connectivity index (χ0) is 15.0. The number of nitrogens with two attached hydrogens (primary N) is 1. The highest BCUT2D eigenvalue weighted by Gasteiger charge is 2.25. The van der Waals surface area contributed by atoms with Gasteiger partial charge in [0.25, 0.3) is 0 Å². The summed E-state index contributed by atoms with van der Waals surface area (Å²) >= 11 is 6.04. The van der Waals surface area contributed by atoms with Crippen molar-refractivity contribution in [1.29, 1.82) is 0 Å². The predicted octanol–water partition coefficient (Wildman–Crippen LogP) is 2.23. The van der Waals surface area contributed by atoms with Gasteiger partial charge in [0.2, 0.25) is 9.84 Å². The van der Waals surface area contributed by atoms with Crippen molar-refractivity contribution in [3.05, 3.63) is 46.6 Å². The van der Waals surface area contributed by atoms with Crippen LogP contribution in [0.15, 0.2) is 35.5 Å². The molecule has 1 aromatic heterocycles. The number of nitrogen functional groups attached to an aromatic ring is 1. The van der Waals surface area contributed by atoms with Gasteiger partial charge in [-0.3, -0.25) is 0 Å². The van der Waals surface area contributed by atoms with E-state index in [0.717, 1.165) is 12.0 Å². The number of sulfone groups is 1. The molecule has 0 saturated heterocycles. The van der Waals surface area contributed by atoms with Gasteiger partial charge in [-0.25, -0.2) is 13.4 Å². The van der Waals surface area contributed by atoms with E-state index in [9.17, 15) is 8.42 Å². The van der Waals surface area contributed by atoms with Crippen LogP contribution in [0, 0.1) is 0 Å². The van der Waals surface area contributed by atoms with Gasteiger partial charge in [-0.2, -0.15) is 0 Å². The fourth-order valence-corrected chi connectivity index (χ4v) is 4.06. The lowest BCUT2D eigenvalue weighted by Crippen LogP contribution is -2.10. The van der Waals surface area contributed by atoms with Crippen LogP contribution in [-0.2, 0) is 22.0 Å². The van der Waals surface area contributed by atoms with Crippen LogP contribution in [0.4, 0.5) is 5.69 Å². The van der Waals surface area contributed by atoms with Crippen LogP contribution in [0.2, 0.25) is 5.02 Å². The summed E-state index contributed by atoms with van der Waals surface area (Å²) in [6.45, 7) is 0.536. The highest BCUT2D eigenvalue weighted by Crippen LogP contribution is 2.35. The van der Waals surface area contributed by atoms with Gasteiger partial charge in [0.1, 0.15) is 5.75 Å². The number of nitrogens with zero attached hydrogens (tertiary/aromatic N) is 1. The fraction of sp³-hybridized carbons (Fsp3) is 0.214. The lowest BCUT2D eigenvalue weighted by Gasteiger charge is -2.10. The van der Waals surface area contributed by atoms with Crippen molar-refractivity contribution in [2.45, 2.75) is 17.2 Å². The van der Waals surface area contributed by atoms with Crippen LogP contribution in [-0.4, -0.2) is 20.0 Å². The average Bonchev–Trinajstić information content (AvgIpc) is 2.86. The quantitative estimate of drug-likeness (QED) is 0.936. The normalized spacial score (nSPS) is 13.8. The Morgan fingerprint density at radius 3 is 2.95 bits per heavy atom. The third-order valence-electron chi connectivity index (χ3n) is 3.27. The minimum Gasteiger partial charge on any atom is -0.493 e. The summed E-state index contributed by atoms with van der Waals surface area (Å²) in [5.74, 6) is 0.370. The Morgan fingerprint density at radius 1 is 1.38 bits per heavy atom. The van der Waals surface area contributed by atoms with Gasteiger partial charge >= 0.3 is 0 Å². The summed E-state index contributed by atoms with van der Waals surface area (Å²) in [7, 11) is -3.66. The van der Waals surface area contributed by atoms with Crippen LogP contribution < -0.4 is 10.5 Å².